The first kappa shape index (κ1) is 15.2. The van der Waals surface area contributed by atoms with Crippen LogP contribution in [0.3, 0.4) is 0 Å². The zero-order chi connectivity index (χ0) is 15.2. The van der Waals surface area contributed by atoms with E-state index >= 15 is 0 Å². The van der Waals surface area contributed by atoms with Crippen LogP contribution in [0.4, 0.5) is 0 Å². The zero-order valence-corrected chi connectivity index (χ0v) is 12.2. The summed E-state index contributed by atoms with van der Waals surface area (Å²) in [5.74, 6) is -0.837. The molecule has 21 heavy (non-hydrogen) atoms. The van der Waals surface area contributed by atoms with Gasteiger partial charge in [-0.25, -0.2) is 0 Å². The summed E-state index contributed by atoms with van der Waals surface area (Å²) in [6.07, 6.45) is 3.44. The van der Waals surface area contributed by atoms with Crippen molar-refractivity contribution in [3.63, 3.8) is 0 Å². The number of hydrogen-bond donors (Lipinski definition) is 2. The first-order valence-electron chi connectivity index (χ1n) is 7.03. The van der Waals surface area contributed by atoms with Crippen LogP contribution in [0.5, 0.6) is 0 Å². The number of pyridine rings is 1. The maximum absolute atomic E-state index is 11.5. The third kappa shape index (κ3) is 3.89. The van der Waals surface area contributed by atoms with Crippen LogP contribution in [-0.2, 0) is 4.79 Å². The van der Waals surface area contributed by atoms with Crippen molar-refractivity contribution >= 4 is 5.97 Å². The number of nitrogens with one attached hydrogen (secondary N) is 1. The van der Waals surface area contributed by atoms with E-state index in [1.165, 1.54) is 0 Å². The lowest BCUT2D eigenvalue weighted by Crippen LogP contribution is -2.43. The molecule has 0 aliphatic carbocycles. The van der Waals surface area contributed by atoms with Crippen LogP contribution in [0.2, 0.25) is 0 Å². The molecule has 2 rings (SSSR count). The number of hydrogen-bond acceptors (Lipinski definition) is 3. The molecule has 1 aromatic carbocycles. The van der Waals surface area contributed by atoms with E-state index in [-0.39, 0.29) is 12.0 Å². The molecule has 0 saturated carbocycles. The van der Waals surface area contributed by atoms with Crippen LogP contribution in [-0.4, -0.2) is 22.1 Å². The fourth-order valence-electron chi connectivity index (χ4n) is 2.31. The lowest BCUT2D eigenvalue weighted by molar-refractivity contribution is -0.140. The fourth-order valence-corrected chi connectivity index (χ4v) is 2.31. The number of carbonyl (C=O) groups is 1. The number of carboxylic acids is 1. The van der Waals surface area contributed by atoms with Crippen molar-refractivity contribution in [2.45, 2.75) is 25.9 Å². The SMILES string of the molecule is CC(C)C(NC(c1ccccc1)c1ccncc1)C(=O)O. The van der Waals surface area contributed by atoms with E-state index in [0.717, 1.165) is 11.1 Å². The first-order valence-corrected chi connectivity index (χ1v) is 7.03. The highest BCUT2D eigenvalue weighted by atomic mass is 16.4. The molecule has 1 heterocycles. The van der Waals surface area contributed by atoms with Gasteiger partial charge in [-0.05, 0) is 29.2 Å². The van der Waals surface area contributed by atoms with Gasteiger partial charge < -0.3 is 5.11 Å². The molecule has 0 spiro atoms. The monoisotopic (exact) mass is 284 g/mol. The second-order valence-corrected chi connectivity index (χ2v) is 5.35. The minimum Gasteiger partial charge on any atom is -0.480 e. The van der Waals surface area contributed by atoms with E-state index in [1.807, 2.05) is 56.3 Å². The number of rotatable bonds is 6. The Hall–Kier alpha value is -2.20. The van der Waals surface area contributed by atoms with Gasteiger partial charge in [-0.1, -0.05) is 44.2 Å². The quantitative estimate of drug-likeness (QED) is 0.856. The fraction of sp³-hybridized carbons (Fsp3) is 0.294. The van der Waals surface area contributed by atoms with E-state index in [0.29, 0.717) is 0 Å². The summed E-state index contributed by atoms with van der Waals surface area (Å²) < 4.78 is 0. The summed E-state index contributed by atoms with van der Waals surface area (Å²) in [6, 6.07) is 12.9. The normalized spacial score (nSPS) is 13.9. The molecule has 0 aliphatic heterocycles. The first-order chi connectivity index (χ1) is 10.1. The van der Waals surface area contributed by atoms with Crippen molar-refractivity contribution in [1.29, 1.82) is 0 Å². The van der Waals surface area contributed by atoms with Crippen molar-refractivity contribution in [3.8, 4) is 0 Å². The molecule has 4 nitrogen and oxygen atoms in total. The molecule has 2 aromatic rings. The molecule has 2 unspecified atom stereocenters. The Morgan fingerprint density at radius 1 is 1.05 bits per heavy atom. The molecule has 2 N–H and O–H groups in total. The Kier molecular flexibility index (Phi) is 5.06. The van der Waals surface area contributed by atoms with Gasteiger partial charge in [-0.2, -0.15) is 0 Å². The van der Waals surface area contributed by atoms with Crippen LogP contribution < -0.4 is 5.32 Å². The minimum atomic E-state index is -0.833. The van der Waals surface area contributed by atoms with Gasteiger partial charge in [0.05, 0.1) is 6.04 Å². The smallest absolute Gasteiger partial charge is 0.320 e. The van der Waals surface area contributed by atoms with Gasteiger partial charge in [0.2, 0.25) is 0 Å². The maximum Gasteiger partial charge on any atom is 0.320 e. The number of nitrogens with zero attached hydrogens (tertiary/aromatic N) is 1. The third-order valence-electron chi connectivity index (χ3n) is 3.45. The van der Waals surface area contributed by atoms with Gasteiger partial charge in [-0.3, -0.25) is 15.1 Å². The summed E-state index contributed by atoms with van der Waals surface area (Å²) in [7, 11) is 0. The lowest BCUT2D eigenvalue weighted by Gasteiger charge is -2.26. The van der Waals surface area contributed by atoms with E-state index in [4.69, 9.17) is 0 Å². The van der Waals surface area contributed by atoms with E-state index in [1.54, 1.807) is 12.4 Å². The number of benzene rings is 1. The molecule has 4 heteroatoms. The number of aliphatic carboxylic acids is 1. The van der Waals surface area contributed by atoms with Gasteiger partial charge in [0.15, 0.2) is 0 Å². The molecular weight excluding hydrogens is 264 g/mol. The van der Waals surface area contributed by atoms with E-state index in [9.17, 15) is 9.90 Å². The molecule has 0 saturated heterocycles. The highest BCUT2D eigenvalue weighted by Crippen LogP contribution is 2.23. The second kappa shape index (κ2) is 6.99. The Bertz CT molecular complexity index is 530. The molecule has 1 aromatic heterocycles. The largest absolute Gasteiger partial charge is 0.480 e. The average Bonchev–Trinajstić information content (AvgIpc) is 2.49. The summed E-state index contributed by atoms with van der Waals surface area (Å²) in [5.41, 5.74) is 2.04. The van der Waals surface area contributed by atoms with Crippen molar-refractivity contribution in [3.05, 3.63) is 66.0 Å². The average molecular weight is 284 g/mol. The van der Waals surface area contributed by atoms with Crippen molar-refractivity contribution in [2.24, 2.45) is 5.92 Å². The molecule has 0 fully saturated rings. The van der Waals surface area contributed by atoms with Crippen molar-refractivity contribution in [1.82, 2.24) is 10.3 Å². The standard InChI is InChI=1S/C17H20N2O2/c1-12(2)15(17(20)21)19-16(13-6-4-3-5-7-13)14-8-10-18-11-9-14/h3-12,15-16,19H,1-2H3,(H,20,21). The number of carboxylic acid groups (broad SMARTS) is 1. The lowest BCUT2D eigenvalue weighted by atomic mass is 9.96. The van der Waals surface area contributed by atoms with Crippen LogP contribution in [0, 0.1) is 5.92 Å². The summed E-state index contributed by atoms with van der Waals surface area (Å²) >= 11 is 0. The Morgan fingerprint density at radius 3 is 2.14 bits per heavy atom. The summed E-state index contributed by atoms with van der Waals surface area (Å²) in [5, 5.41) is 12.7. The molecule has 0 bridgehead atoms. The van der Waals surface area contributed by atoms with Crippen molar-refractivity contribution in [2.75, 3.05) is 0 Å². The van der Waals surface area contributed by atoms with Gasteiger partial charge >= 0.3 is 5.97 Å². The second-order valence-electron chi connectivity index (χ2n) is 5.35. The highest BCUT2D eigenvalue weighted by molar-refractivity contribution is 5.74. The van der Waals surface area contributed by atoms with Crippen LogP contribution in [0.15, 0.2) is 54.9 Å². The Labute approximate surface area is 124 Å². The molecule has 0 amide bonds. The predicted octanol–water partition coefficient (Wildman–Crippen LogP) is 2.87. The minimum absolute atomic E-state index is 0.00412. The van der Waals surface area contributed by atoms with Gasteiger partial charge in [0.25, 0.3) is 0 Å². The van der Waals surface area contributed by atoms with Gasteiger partial charge in [-0.15, -0.1) is 0 Å². The van der Waals surface area contributed by atoms with E-state index in [2.05, 4.69) is 10.3 Å². The maximum atomic E-state index is 11.5. The highest BCUT2D eigenvalue weighted by Gasteiger charge is 2.26. The summed E-state index contributed by atoms with van der Waals surface area (Å²) in [6.45, 7) is 3.81. The molecule has 2 atom stereocenters. The molecule has 0 aliphatic rings. The van der Waals surface area contributed by atoms with E-state index < -0.39 is 12.0 Å². The predicted molar refractivity (Wildman–Crippen MR) is 81.9 cm³/mol. The van der Waals surface area contributed by atoms with Crippen LogP contribution in [0.25, 0.3) is 0 Å². The molecule has 0 radical (unpaired) electrons. The topological polar surface area (TPSA) is 62.2 Å². The van der Waals surface area contributed by atoms with Crippen LogP contribution >= 0.6 is 0 Å². The molecule has 110 valence electrons. The summed E-state index contributed by atoms with van der Waals surface area (Å²) in [4.78, 5) is 15.5. The Balaban J connectivity index is 2.35. The van der Waals surface area contributed by atoms with Gasteiger partial charge in [0.1, 0.15) is 6.04 Å². The third-order valence-corrected chi connectivity index (χ3v) is 3.45. The zero-order valence-electron chi connectivity index (χ0n) is 12.2. The van der Waals surface area contributed by atoms with Crippen LogP contribution in [0.1, 0.15) is 31.0 Å². The van der Waals surface area contributed by atoms with Crippen molar-refractivity contribution < 1.29 is 9.90 Å². The number of aromatic nitrogens is 1. The Morgan fingerprint density at radius 2 is 1.62 bits per heavy atom. The molecular formula is C17H20N2O2. The van der Waals surface area contributed by atoms with Gasteiger partial charge in [0, 0.05) is 12.4 Å².